The van der Waals surface area contributed by atoms with E-state index in [-0.39, 0.29) is 11.4 Å². The molecule has 16 heavy (non-hydrogen) atoms. The van der Waals surface area contributed by atoms with Crippen molar-refractivity contribution in [2.24, 2.45) is 0 Å². The fraction of sp³-hybridized carbons (Fsp3) is 0.500. The molecule has 0 fully saturated rings. The van der Waals surface area contributed by atoms with Gasteiger partial charge in [0.1, 0.15) is 10.8 Å². The number of amides is 1. The third kappa shape index (κ3) is 3.81. The summed E-state index contributed by atoms with van der Waals surface area (Å²) in [4.78, 5) is 15.8. The number of nitrogens with zero attached hydrogens (tertiary/aromatic N) is 1. The number of carbonyl (C=O) groups excluding carboxylic acids is 1. The zero-order valence-electron chi connectivity index (χ0n) is 9.88. The first-order valence-corrected chi connectivity index (χ1v) is 5.77. The van der Waals surface area contributed by atoms with Gasteiger partial charge in [-0.05, 0) is 32.4 Å². The largest absolute Gasteiger partial charge is 0.346 e. The van der Waals surface area contributed by atoms with Crippen molar-refractivity contribution in [1.29, 1.82) is 0 Å². The van der Waals surface area contributed by atoms with Crippen molar-refractivity contribution in [2.75, 3.05) is 0 Å². The third-order valence-corrected chi connectivity index (χ3v) is 2.49. The molecule has 0 aliphatic heterocycles. The lowest BCUT2D eigenvalue weighted by Crippen LogP contribution is -2.43. The molecule has 0 spiro atoms. The van der Waals surface area contributed by atoms with Crippen LogP contribution in [-0.2, 0) is 0 Å². The molecule has 0 saturated heterocycles. The third-order valence-electron chi connectivity index (χ3n) is 2.27. The Balaban J connectivity index is 2.72. The Kier molecular flexibility index (Phi) is 4.30. The van der Waals surface area contributed by atoms with Gasteiger partial charge in [0, 0.05) is 5.54 Å². The lowest BCUT2D eigenvalue weighted by atomic mass is 9.99. The van der Waals surface area contributed by atoms with E-state index in [1.54, 1.807) is 18.2 Å². The predicted octanol–water partition coefficient (Wildman–Crippen LogP) is 3.04. The van der Waals surface area contributed by atoms with E-state index in [1.807, 2.05) is 13.8 Å². The minimum atomic E-state index is -0.212. The zero-order valence-corrected chi connectivity index (χ0v) is 10.6. The Hall–Kier alpha value is -1.09. The first kappa shape index (κ1) is 13.0. The van der Waals surface area contributed by atoms with E-state index >= 15 is 0 Å². The Labute approximate surface area is 101 Å². The van der Waals surface area contributed by atoms with Gasteiger partial charge < -0.3 is 5.32 Å². The summed E-state index contributed by atoms with van der Waals surface area (Å²) in [7, 11) is 0. The van der Waals surface area contributed by atoms with Crippen LogP contribution in [0.1, 0.15) is 44.1 Å². The SMILES string of the molecule is CCCC(C)(C)NC(=O)c1cccc(Cl)n1. The second kappa shape index (κ2) is 5.30. The number of hydrogen-bond acceptors (Lipinski definition) is 2. The molecule has 88 valence electrons. The van der Waals surface area contributed by atoms with Crippen molar-refractivity contribution < 1.29 is 4.79 Å². The number of rotatable bonds is 4. The average molecular weight is 241 g/mol. The quantitative estimate of drug-likeness (QED) is 0.822. The number of carbonyl (C=O) groups is 1. The molecule has 1 rings (SSSR count). The van der Waals surface area contributed by atoms with Crippen LogP contribution in [0.2, 0.25) is 5.15 Å². The highest BCUT2D eigenvalue weighted by atomic mass is 35.5. The smallest absolute Gasteiger partial charge is 0.270 e. The minimum absolute atomic E-state index is 0.180. The highest BCUT2D eigenvalue weighted by Crippen LogP contribution is 2.12. The van der Waals surface area contributed by atoms with Gasteiger partial charge in [-0.1, -0.05) is 31.0 Å². The molecule has 0 atom stereocenters. The van der Waals surface area contributed by atoms with Gasteiger partial charge in [0.05, 0.1) is 0 Å². The molecule has 1 heterocycles. The van der Waals surface area contributed by atoms with E-state index in [1.165, 1.54) is 0 Å². The van der Waals surface area contributed by atoms with Crippen molar-refractivity contribution in [1.82, 2.24) is 10.3 Å². The Morgan fingerprint density at radius 3 is 2.75 bits per heavy atom. The minimum Gasteiger partial charge on any atom is -0.346 e. The highest BCUT2D eigenvalue weighted by molar-refractivity contribution is 6.29. The first-order chi connectivity index (χ1) is 7.44. The lowest BCUT2D eigenvalue weighted by molar-refractivity contribution is 0.0904. The summed E-state index contributed by atoms with van der Waals surface area (Å²) in [5.74, 6) is -0.180. The summed E-state index contributed by atoms with van der Waals surface area (Å²) in [5.41, 5.74) is 0.146. The second-order valence-electron chi connectivity index (χ2n) is 4.43. The van der Waals surface area contributed by atoms with Gasteiger partial charge in [-0.15, -0.1) is 0 Å². The molecule has 1 amide bonds. The van der Waals surface area contributed by atoms with E-state index in [9.17, 15) is 4.79 Å². The average Bonchev–Trinajstić information content (AvgIpc) is 2.16. The van der Waals surface area contributed by atoms with E-state index in [2.05, 4.69) is 17.2 Å². The molecule has 0 aliphatic carbocycles. The molecule has 0 aliphatic rings. The first-order valence-electron chi connectivity index (χ1n) is 5.39. The van der Waals surface area contributed by atoms with E-state index in [4.69, 9.17) is 11.6 Å². The van der Waals surface area contributed by atoms with E-state index in [0.717, 1.165) is 12.8 Å². The molecule has 1 N–H and O–H groups in total. The maximum absolute atomic E-state index is 11.9. The van der Waals surface area contributed by atoms with Gasteiger partial charge in [-0.3, -0.25) is 4.79 Å². The highest BCUT2D eigenvalue weighted by Gasteiger charge is 2.20. The van der Waals surface area contributed by atoms with Gasteiger partial charge in [-0.2, -0.15) is 0 Å². The van der Waals surface area contributed by atoms with E-state index in [0.29, 0.717) is 10.8 Å². The molecule has 0 bridgehead atoms. The molecular weight excluding hydrogens is 224 g/mol. The molecule has 1 aromatic rings. The van der Waals surface area contributed by atoms with Crippen LogP contribution in [0.4, 0.5) is 0 Å². The topological polar surface area (TPSA) is 42.0 Å². The molecule has 0 unspecified atom stereocenters. The zero-order chi connectivity index (χ0) is 12.2. The van der Waals surface area contributed by atoms with Crippen LogP contribution >= 0.6 is 11.6 Å². The molecule has 3 nitrogen and oxygen atoms in total. The van der Waals surface area contributed by atoms with Crippen molar-refractivity contribution in [2.45, 2.75) is 39.2 Å². The van der Waals surface area contributed by atoms with Crippen LogP contribution in [0.25, 0.3) is 0 Å². The number of halogens is 1. The fourth-order valence-corrected chi connectivity index (χ4v) is 1.76. The van der Waals surface area contributed by atoms with Crippen molar-refractivity contribution in [3.63, 3.8) is 0 Å². The van der Waals surface area contributed by atoms with Gasteiger partial charge >= 0.3 is 0 Å². The summed E-state index contributed by atoms with van der Waals surface area (Å²) >= 11 is 5.73. The van der Waals surface area contributed by atoms with Gasteiger partial charge in [0.25, 0.3) is 5.91 Å². The van der Waals surface area contributed by atoms with Crippen LogP contribution in [-0.4, -0.2) is 16.4 Å². The molecule has 0 aromatic carbocycles. The Morgan fingerprint density at radius 2 is 2.19 bits per heavy atom. The Bertz CT molecular complexity index is 377. The summed E-state index contributed by atoms with van der Waals surface area (Å²) in [6, 6.07) is 5.02. The van der Waals surface area contributed by atoms with Gasteiger partial charge in [0.2, 0.25) is 0 Å². The van der Waals surface area contributed by atoms with Crippen LogP contribution in [0.15, 0.2) is 18.2 Å². The maximum Gasteiger partial charge on any atom is 0.270 e. The number of pyridine rings is 1. The van der Waals surface area contributed by atoms with Crippen molar-refractivity contribution >= 4 is 17.5 Å². The molecule has 1 aromatic heterocycles. The summed E-state index contributed by atoms with van der Waals surface area (Å²) in [6.07, 6.45) is 1.95. The van der Waals surface area contributed by atoms with Crippen LogP contribution in [0.5, 0.6) is 0 Å². The molecule has 4 heteroatoms. The second-order valence-corrected chi connectivity index (χ2v) is 4.82. The van der Waals surface area contributed by atoms with E-state index < -0.39 is 0 Å². The lowest BCUT2D eigenvalue weighted by Gasteiger charge is -2.25. The van der Waals surface area contributed by atoms with Crippen molar-refractivity contribution in [3.05, 3.63) is 29.0 Å². The summed E-state index contributed by atoms with van der Waals surface area (Å²) in [6.45, 7) is 6.09. The van der Waals surface area contributed by atoms with Crippen LogP contribution in [0.3, 0.4) is 0 Å². The Morgan fingerprint density at radius 1 is 1.50 bits per heavy atom. The number of nitrogens with one attached hydrogen (secondary N) is 1. The van der Waals surface area contributed by atoms with Gasteiger partial charge in [-0.25, -0.2) is 4.98 Å². The molecule has 0 radical (unpaired) electrons. The van der Waals surface area contributed by atoms with Crippen LogP contribution in [0, 0.1) is 0 Å². The van der Waals surface area contributed by atoms with Crippen LogP contribution < -0.4 is 5.32 Å². The standard InChI is InChI=1S/C12H17ClN2O/c1-4-8-12(2,3)15-11(16)9-6-5-7-10(13)14-9/h5-7H,4,8H2,1-3H3,(H,15,16). The fourth-order valence-electron chi connectivity index (χ4n) is 1.59. The van der Waals surface area contributed by atoms with Crippen molar-refractivity contribution in [3.8, 4) is 0 Å². The summed E-state index contributed by atoms with van der Waals surface area (Å²) < 4.78 is 0. The maximum atomic E-state index is 11.9. The predicted molar refractivity (Wildman–Crippen MR) is 65.7 cm³/mol. The van der Waals surface area contributed by atoms with Gasteiger partial charge in [0.15, 0.2) is 0 Å². The normalized spacial score (nSPS) is 11.2. The molecule has 0 saturated carbocycles. The summed E-state index contributed by atoms with van der Waals surface area (Å²) in [5, 5.41) is 3.27. The number of hydrogen-bond donors (Lipinski definition) is 1. The monoisotopic (exact) mass is 240 g/mol. The number of aromatic nitrogens is 1. The molecular formula is C12H17ClN2O.